The van der Waals surface area contributed by atoms with Crippen LogP contribution in [-0.2, 0) is 6.18 Å². The van der Waals surface area contributed by atoms with Crippen LogP contribution in [0.2, 0.25) is 0 Å². The number of rotatable bonds is 5. The van der Waals surface area contributed by atoms with Crippen LogP contribution in [0.25, 0.3) is 5.69 Å². The molecule has 1 heterocycles. The molecule has 0 spiro atoms. The third-order valence-corrected chi connectivity index (χ3v) is 4.30. The van der Waals surface area contributed by atoms with E-state index in [1.807, 2.05) is 0 Å². The molecule has 0 N–H and O–H groups in total. The second-order valence-corrected chi connectivity index (χ2v) is 6.41. The third-order valence-electron chi connectivity index (χ3n) is 4.30. The first kappa shape index (κ1) is 22.5. The van der Waals surface area contributed by atoms with Gasteiger partial charge in [-0.15, -0.1) is 0 Å². The van der Waals surface area contributed by atoms with Gasteiger partial charge in [-0.25, -0.2) is 9.48 Å². The van der Waals surface area contributed by atoms with E-state index in [2.05, 4.69) is 5.10 Å². The zero-order valence-electron chi connectivity index (χ0n) is 16.5. The molecule has 12 heteroatoms. The number of benzene rings is 2. The zero-order valence-corrected chi connectivity index (χ0v) is 16.5. The van der Waals surface area contributed by atoms with Gasteiger partial charge in [-0.1, -0.05) is 12.1 Å². The maximum absolute atomic E-state index is 13.4. The van der Waals surface area contributed by atoms with Gasteiger partial charge in [-0.05, 0) is 31.2 Å². The molecule has 0 aliphatic rings. The Morgan fingerprint density at radius 1 is 1.16 bits per heavy atom. The number of carbonyl (C=O) groups excluding carboxylic acids is 1. The van der Waals surface area contributed by atoms with Gasteiger partial charge < -0.3 is 9.47 Å². The molecule has 0 saturated heterocycles. The fourth-order valence-electron chi connectivity index (χ4n) is 2.83. The van der Waals surface area contributed by atoms with Gasteiger partial charge in [0, 0.05) is 11.8 Å². The van der Waals surface area contributed by atoms with Crippen molar-refractivity contribution in [3.8, 4) is 17.2 Å². The van der Waals surface area contributed by atoms with Gasteiger partial charge in [0.05, 0.1) is 29.4 Å². The number of aromatic nitrogens is 2. The number of esters is 1. The summed E-state index contributed by atoms with van der Waals surface area (Å²) < 4.78 is 50.8. The lowest BCUT2D eigenvalue weighted by molar-refractivity contribution is -0.385. The molecule has 0 amide bonds. The van der Waals surface area contributed by atoms with E-state index in [9.17, 15) is 32.9 Å². The highest BCUT2D eigenvalue weighted by atomic mass is 19.4. The predicted molar refractivity (Wildman–Crippen MR) is 104 cm³/mol. The van der Waals surface area contributed by atoms with Gasteiger partial charge in [0.25, 0.3) is 0 Å². The van der Waals surface area contributed by atoms with Crippen LogP contribution >= 0.6 is 0 Å². The minimum Gasteiger partial charge on any atom is -0.496 e. The Balaban J connectivity index is 2.08. The number of hydrogen-bond donors (Lipinski definition) is 0. The Bertz CT molecular complexity index is 1270. The molecular formula is C20H14F3N3O6. The van der Waals surface area contributed by atoms with E-state index in [1.165, 1.54) is 32.2 Å². The van der Waals surface area contributed by atoms with Crippen molar-refractivity contribution in [2.75, 3.05) is 7.11 Å². The summed E-state index contributed by atoms with van der Waals surface area (Å²) in [6.07, 6.45) is -4.72. The fourth-order valence-corrected chi connectivity index (χ4v) is 2.83. The van der Waals surface area contributed by atoms with Gasteiger partial charge >= 0.3 is 17.8 Å². The van der Waals surface area contributed by atoms with Crippen molar-refractivity contribution in [1.82, 2.24) is 9.78 Å². The van der Waals surface area contributed by atoms with Gasteiger partial charge in [-0.3, -0.25) is 14.9 Å². The monoisotopic (exact) mass is 449 g/mol. The standard InChI is InChI=1S/C20H14F3N3O6/c1-11-9-16(27)18(24-25(11)14-6-4-3-5-13(14)20(21,22)23)19(28)32-17-8-7-12(31-2)10-15(17)26(29)30/h3-10H,1-2H3. The zero-order chi connectivity index (χ0) is 23.6. The minimum atomic E-state index is -4.72. The molecule has 0 aliphatic heterocycles. The Morgan fingerprint density at radius 3 is 2.47 bits per heavy atom. The van der Waals surface area contributed by atoms with Crippen LogP contribution in [0.1, 0.15) is 21.7 Å². The van der Waals surface area contributed by atoms with Crippen LogP contribution in [0.5, 0.6) is 11.5 Å². The maximum atomic E-state index is 13.4. The van der Waals surface area contributed by atoms with Crippen LogP contribution in [0.15, 0.2) is 53.3 Å². The molecule has 3 aromatic rings. The molecule has 3 rings (SSSR count). The van der Waals surface area contributed by atoms with E-state index in [1.54, 1.807) is 0 Å². The van der Waals surface area contributed by atoms with Gasteiger partial charge in [0.2, 0.25) is 16.9 Å². The number of nitro benzene ring substituents is 1. The smallest absolute Gasteiger partial charge is 0.418 e. The van der Waals surface area contributed by atoms with Gasteiger partial charge in [-0.2, -0.15) is 18.3 Å². The number of para-hydroxylation sites is 1. The lowest BCUT2D eigenvalue weighted by Gasteiger charge is -2.16. The lowest BCUT2D eigenvalue weighted by atomic mass is 10.1. The molecule has 1 aromatic heterocycles. The number of ether oxygens (including phenoxy) is 2. The van der Waals surface area contributed by atoms with Crippen molar-refractivity contribution in [2.45, 2.75) is 13.1 Å². The normalized spacial score (nSPS) is 11.2. The topological polar surface area (TPSA) is 114 Å². The number of nitrogens with zero attached hydrogens (tertiary/aromatic N) is 3. The molecule has 32 heavy (non-hydrogen) atoms. The largest absolute Gasteiger partial charge is 0.496 e. The Labute approximate surface area is 177 Å². The van der Waals surface area contributed by atoms with E-state index in [0.717, 1.165) is 35.0 Å². The summed E-state index contributed by atoms with van der Waals surface area (Å²) >= 11 is 0. The second kappa shape index (κ2) is 8.49. The molecule has 0 radical (unpaired) electrons. The van der Waals surface area contributed by atoms with Crippen molar-refractivity contribution >= 4 is 11.7 Å². The van der Waals surface area contributed by atoms with Gasteiger partial charge in [0.1, 0.15) is 5.75 Å². The van der Waals surface area contributed by atoms with Crippen LogP contribution in [0, 0.1) is 17.0 Å². The fraction of sp³-hybridized carbons (Fsp3) is 0.150. The van der Waals surface area contributed by atoms with Crippen LogP contribution in [0.3, 0.4) is 0 Å². The number of alkyl halides is 3. The Hall–Kier alpha value is -4.22. The number of halogens is 3. The molecule has 2 aromatic carbocycles. The molecule has 0 aliphatic carbocycles. The van der Waals surface area contributed by atoms with E-state index < -0.39 is 50.9 Å². The molecule has 166 valence electrons. The number of carbonyl (C=O) groups is 1. The molecule has 0 saturated carbocycles. The van der Waals surface area contributed by atoms with Crippen molar-refractivity contribution in [3.05, 3.63) is 85.8 Å². The first-order valence-corrected chi connectivity index (χ1v) is 8.85. The van der Waals surface area contributed by atoms with Gasteiger partial charge in [0.15, 0.2) is 0 Å². The molecular weight excluding hydrogens is 435 g/mol. The number of hydrogen-bond acceptors (Lipinski definition) is 7. The van der Waals surface area contributed by atoms with Crippen molar-refractivity contribution in [2.24, 2.45) is 0 Å². The summed E-state index contributed by atoms with van der Waals surface area (Å²) in [5.41, 5.74) is -3.82. The average molecular weight is 449 g/mol. The highest BCUT2D eigenvalue weighted by molar-refractivity contribution is 5.89. The van der Waals surface area contributed by atoms with Crippen LogP contribution in [-0.4, -0.2) is 27.8 Å². The predicted octanol–water partition coefficient (Wildman–Crippen LogP) is 3.70. The number of nitro groups is 1. The molecule has 9 nitrogen and oxygen atoms in total. The quantitative estimate of drug-likeness (QED) is 0.253. The van der Waals surface area contributed by atoms with Crippen molar-refractivity contribution in [3.63, 3.8) is 0 Å². The Kier molecular flexibility index (Phi) is 5.96. The summed E-state index contributed by atoms with van der Waals surface area (Å²) in [5, 5.41) is 15.0. The first-order valence-electron chi connectivity index (χ1n) is 8.85. The summed E-state index contributed by atoms with van der Waals surface area (Å²) in [7, 11) is 1.28. The van der Waals surface area contributed by atoms with E-state index in [-0.39, 0.29) is 11.4 Å². The SMILES string of the molecule is COc1ccc(OC(=O)c2nn(-c3ccccc3C(F)(F)F)c(C)cc2=O)c([N+](=O)[O-])c1. The number of aryl methyl sites for hydroxylation is 1. The number of methoxy groups -OCH3 is 1. The first-order chi connectivity index (χ1) is 15.0. The minimum absolute atomic E-state index is 0.0266. The summed E-state index contributed by atoms with van der Waals surface area (Å²) in [4.78, 5) is 35.3. The highest BCUT2D eigenvalue weighted by Gasteiger charge is 2.34. The highest BCUT2D eigenvalue weighted by Crippen LogP contribution is 2.34. The maximum Gasteiger partial charge on any atom is 0.418 e. The molecule has 0 bridgehead atoms. The van der Waals surface area contributed by atoms with E-state index >= 15 is 0 Å². The van der Waals surface area contributed by atoms with E-state index in [0.29, 0.717) is 0 Å². The lowest BCUT2D eigenvalue weighted by Crippen LogP contribution is -2.26. The second-order valence-electron chi connectivity index (χ2n) is 6.41. The molecule has 0 unspecified atom stereocenters. The van der Waals surface area contributed by atoms with Crippen LogP contribution in [0.4, 0.5) is 18.9 Å². The summed E-state index contributed by atoms with van der Waals surface area (Å²) in [6.45, 7) is 1.34. The molecule has 0 fully saturated rings. The van der Waals surface area contributed by atoms with Crippen molar-refractivity contribution in [1.29, 1.82) is 0 Å². The average Bonchev–Trinajstić information content (AvgIpc) is 2.73. The third kappa shape index (κ3) is 4.43. The summed E-state index contributed by atoms with van der Waals surface area (Å²) in [6, 6.07) is 8.76. The Morgan fingerprint density at radius 2 is 1.84 bits per heavy atom. The molecule has 0 atom stereocenters. The van der Waals surface area contributed by atoms with E-state index in [4.69, 9.17) is 9.47 Å². The summed E-state index contributed by atoms with van der Waals surface area (Å²) in [5.74, 6) is -1.75. The van der Waals surface area contributed by atoms with Crippen LogP contribution < -0.4 is 14.9 Å². The van der Waals surface area contributed by atoms with Crippen molar-refractivity contribution < 1.29 is 32.4 Å².